The Hall–Kier alpha value is -1.33. The van der Waals surface area contributed by atoms with Gasteiger partial charge in [-0.2, -0.15) is 0 Å². The summed E-state index contributed by atoms with van der Waals surface area (Å²) < 4.78 is 4.91. The lowest BCUT2D eigenvalue weighted by Crippen LogP contribution is -2.86. The molecule has 1 aromatic heterocycles. The maximum atomic E-state index is 11.3. The van der Waals surface area contributed by atoms with E-state index in [9.17, 15) is 4.79 Å². The fraction of sp³-hybridized carbons (Fsp3) is 0.444. The molecule has 0 aliphatic heterocycles. The molecule has 0 bridgehead atoms. The number of carbonyl (C=O) groups excluding carboxylic acids is 1. The van der Waals surface area contributed by atoms with Gasteiger partial charge in [0, 0.05) is 0 Å². The maximum Gasteiger partial charge on any atom is 0.287 e. The van der Waals surface area contributed by atoms with Crippen LogP contribution in [-0.4, -0.2) is 37.3 Å². The molecule has 1 rings (SSSR count). The number of aliphatic hydroxyl groups is 1. The van der Waals surface area contributed by atoms with Gasteiger partial charge in [-0.1, -0.05) is 0 Å². The van der Waals surface area contributed by atoms with E-state index in [-0.39, 0.29) is 12.5 Å². The first kappa shape index (κ1) is 10.7. The molecule has 1 amide bonds. The Morgan fingerprint density at radius 3 is 3.07 bits per heavy atom. The summed E-state index contributed by atoms with van der Waals surface area (Å²) in [4.78, 5) is 11.3. The van der Waals surface area contributed by atoms with E-state index in [1.165, 1.54) is 6.26 Å². The summed E-state index contributed by atoms with van der Waals surface area (Å²) in [5, 5.41) is 13.1. The predicted molar refractivity (Wildman–Crippen MR) is 49.8 cm³/mol. The second-order valence-electron chi connectivity index (χ2n) is 2.82. The van der Waals surface area contributed by atoms with E-state index in [2.05, 4.69) is 5.32 Å². The average Bonchev–Trinajstić information content (AvgIpc) is 2.70. The highest BCUT2D eigenvalue weighted by Gasteiger charge is 2.06. The molecule has 0 fully saturated rings. The number of amides is 1. The third-order valence-corrected chi connectivity index (χ3v) is 1.71. The normalized spacial score (nSPS) is 10.1. The Morgan fingerprint density at radius 2 is 2.43 bits per heavy atom. The van der Waals surface area contributed by atoms with Gasteiger partial charge < -0.3 is 20.2 Å². The Kier molecular flexibility index (Phi) is 4.74. The van der Waals surface area contributed by atoms with Gasteiger partial charge in [0.1, 0.15) is 0 Å². The topological polar surface area (TPSA) is 79.1 Å². The second kappa shape index (κ2) is 6.17. The van der Waals surface area contributed by atoms with E-state index in [0.29, 0.717) is 18.8 Å². The number of nitrogens with one attached hydrogen (secondary N) is 1. The molecule has 4 N–H and O–H groups in total. The Balaban J connectivity index is 2.10. The molecule has 0 aromatic carbocycles. The van der Waals surface area contributed by atoms with Gasteiger partial charge in [0.25, 0.3) is 5.91 Å². The van der Waals surface area contributed by atoms with E-state index in [1.54, 1.807) is 12.1 Å². The zero-order valence-corrected chi connectivity index (χ0v) is 7.90. The lowest BCUT2D eigenvalue weighted by atomic mass is 10.4. The van der Waals surface area contributed by atoms with Crippen LogP contribution < -0.4 is 10.6 Å². The van der Waals surface area contributed by atoms with Gasteiger partial charge in [-0.3, -0.25) is 4.79 Å². The first-order valence-corrected chi connectivity index (χ1v) is 4.59. The molecule has 5 heteroatoms. The van der Waals surface area contributed by atoms with Crippen molar-refractivity contribution in [1.29, 1.82) is 0 Å². The van der Waals surface area contributed by atoms with Crippen LogP contribution in [0.2, 0.25) is 0 Å². The lowest BCUT2D eigenvalue weighted by molar-refractivity contribution is -0.654. The highest BCUT2D eigenvalue weighted by Crippen LogP contribution is 1.98. The molecule has 0 saturated heterocycles. The molecular formula is C9H15N2O3+. The molecule has 0 spiro atoms. The van der Waals surface area contributed by atoms with Gasteiger partial charge in [-0.05, 0) is 12.1 Å². The summed E-state index contributed by atoms with van der Waals surface area (Å²) in [6, 6.07) is 3.29. The molecular weight excluding hydrogens is 184 g/mol. The van der Waals surface area contributed by atoms with Crippen LogP contribution >= 0.6 is 0 Å². The van der Waals surface area contributed by atoms with Crippen LogP contribution in [0.15, 0.2) is 22.8 Å². The molecule has 5 nitrogen and oxygen atoms in total. The maximum absolute atomic E-state index is 11.3. The van der Waals surface area contributed by atoms with E-state index in [4.69, 9.17) is 9.52 Å². The number of hydrogen-bond donors (Lipinski definition) is 3. The standard InChI is InChI=1S/C9H14N2O3/c12-6-5-10-3-4-11-9(13)8-2-1-7-14-8/h1-2,7,10,12H,3-6H2,(H,11,13)/p+1. The van der Waals surface area contributed by atoms with Gasteiger partial charge in [-0.15, -0.1) is 0 Å². The Bertz CT molecular complexity index is 259. The van der Waals surface area contributed by atoms with Crippen molar-refractivity contribution in [2.75, 3.05) is 26.2 Å². The molecule has 1 heterocycles. The third kappa shape index (κ3) is 3.59. The minimum Gasteiger partial charge on any atom is -0.459 e. The third-order valence-electron chi connectivity index (χ3n) is 1.71. The summed E-state index contributed by atoms with van der Waals surface area (Å²) in [6.45, 7) is 2.15. The Labute approximate surface area is 82.1 Å². The first-order chi connectivity index (χ1) is 6.84. The van der Waals surface area contributed by atoms with E-state index in [0.717, 1.165) is 6.54 Å². The molecule has 0 radical (unpaired) electrons. The lowest BCUT2D eigenvalue weighted by Gasteiger charge is -2.01. The fourth-order valence-electron chi connectivity index (χ4n) is 1.02. The van der Waals surface area contributed by atoms with Crippen LogP contribution in [0.1, 0.15) is 10.6 Å². The van der Waals surface area contributed by atoms with Gasteiger partial charge in [0.2, 0.25) is 0 Å². The summed E-state index contributed by atoms with van der Waals surface area (Å²) >= 11 is 0. The quantitative estimate of drug-likeness (QED) is 0.491. The molecule has 0 aliphatic carbocycles. The van der Waals surface area contributed by atoms with Crippen molar-refractivity contribution in [3.63, 3.8) is 0 Å². The second-order valence-corrected chi connectivity index (χ2v) is 2.82. The number of hydrogen-bond acceptors (Lipinski definition) is 3. The fourth-order valence-corrected chi connectivity index (χ4v) is 1.02. The van der Waals surface area contributed by atoms with Crippen molar-refractivity contribution in [1.82, 2.24) is 5.32 Å². The predicted octanol–water partition coefficient (Wildman–Crippen LogP) is -1.43. The summed E-state index contributed by atoms with van der Waals surface area (Å²) in [6.07, 6.45) is 1.47. The van der Waals surface area contributed by atoms with Crippen LogP contribution in [0, 0.1) is 0 Å². The summed E-state index contributed by atoms with van der Waals surface area (Å²) in [7, 11) is 0. The molecule has 0 atom stereocenters. The number of carbonyl (C=O) groups is 1. The van der Waals surface area contributed by atoms with Crippen LogP contribution in [0.3, 0.4) is 0 Å². The van der Waals surface area contributed by atoms with Crippen LogP contribution in [0.25, 0.3) is 0 Å². The summed E-state index contributed by atoms with van der Waals surface area (Å²) in [5.41, 5.74) is 0. The van der Waals surface area contributed by atoms with Crippen molar-refractivity contribution >= 4 is 5.91 Å². The van der Waals surface area contributed by atoms with Crippen molar-refractivity contribution in [2.24, 2.45) is 0 Å². The number of nitrogens with two attached hydrogens (primary N) is 1. The average molecular weight is 199 g/mol. The highest BCUT2D eigenvalue weighted by molar-refractivity contribution is 5.91. The molecule has 0 aliphatic rings. The van der Waals surface area contributed by atoms with E-state index in [1.807, 2.05) is 5.32 Å². The number of rotatable bonds is 6. The van der Waals surface area contributed by atoms with E-state index < -0.39 is 0 Å². The van der Waals surface area contributed by atoms with Crippen LogP contribution in [0.5, 0.6) is 0 Å². The number of furan rings is 1. The number of aliphatic hydroxyl groups excluding tert-OH is 1. The largest absolute Gasteiger partial charge is 0.459 e. The van der Waals surface area contributed by atoms with Crippen molar-refractivity contribution < 1.29 is 19.6 Å². The van der Waals surface area contributed by atoms with Crippen LogP contribution in [-0.2, 0) is 0 Å². The van der Waals surface area contributed by atoms with Crippen molar-refractivity contribution in [3.8, 4) is 0 Å². The van der Waals surface area contributed by atoms with Crippen molar-refractivity contribution in [3.05, 3.63) is 24.2 Å². The monoisotopic (exact) mass is 199 g/mol. The minimum absolute atomic E-state index is 0.159. The SMILES string of the molecule is O=C(NCC[NH2+]CCO)c1ccco1. The number of quaternary nitrogens is 1. The molecule has 78 valence electrons. The molecule has 0 saturated carbocycles. The highest BCUT2D eigenvalue weighted by atomic mass is 16.3. The molecule has 0 unspecified atom stereocenters. The van der Waals surface area contributed by atoms with Crippen molar-refractivity contribution in [2.45, 2.75) is 0 Å². The van der Waals surface area contributed by atoms with Gasteiger partial charge >= 0.3 is 0 Å². The zero-order valence-electron chi connectivity index (χ0n) is 7.90. The Morgan fingerprint density at radius 1 is 1.57 bits per heavy atom. The molecule has 14 heavy (non-hydrogen) atoms. The van der Waals surface area contributed by atoms with Gasteiger partial charge in [0.15, 0.2) is 5.76 Å². The van der Waals surface area contributed by atoms with Gasteiger partial charge in [-0.25, -0.2) is 0 Å². The zero-order chi connectivity index (χ0) is 10.2. The summed E-state index contributed by atoms with van der Waals surface area (Å²) in [5.74, 6) is 0.125. The van der Waals surface area contributed by atoms with Crippen LogP contribution in [0.4, 0.5) is 0 Å². The van der Waals surface area contributed by atoms with E-state index >= 15 is 0 Å². The smallest absolute Gasteiger partial charge is 0.287 e. The van der Waals surface area contributed by atoms with Gasteiger partial charge in [0.05, 0.1) is 32.5 Å². The first-order valence-electron chi connectivity index (χ1n) is 4.59. The molecule has 1 aromatic rings. The minimum atomic E-state index is -0.201.